The summed E-state index contributed by atoms with van der Waals surface area (Å²) in [4.78, 5) is 43.4. The van der Waals surface area contributed by atoms with E-state index in [-0.39, 0.29) is 36.3 Å². The molecule has 1 aliphatic heterocycles. The maximum Gasteiger partial charge on any atom is 0.321 e. The smallest absolute Gasteiger partial charge is 0.321 e. The molecule has 2 N–H and O–H groups in total. The van der Waals surface area contributed by atoms with Gasteiger partial charge in [-0.2, -0.15) is 0 Å². The van der Waals surface area contributed by atoms with Gasteiger partial charge in [-0.1, -0.05) is 13.8 Å². The number of rotatable bonds is 9. The van der Waals surface area contributed by atoms with E-state index in [0.29, 0.717) is 38.3 Å². The third kappa shape index (κ3) is 8.13. The summed E-state index contributed by atoms with van der Waals surface area (Å²) in [6, 6.07) is 14.8. The molecule has 4 amide bonds. The summed E-state index contributed by atoms with van der Waals surface area (Å²) >= 11 is 0. The van der Waals surface area contributed by atoms with Crippen molar-refractivity contribution in [3.63, 3.8) is 0 Å². The van der Waals surface area contributed by atoms with Crippen molar-refractivity contribution in [2.24, 2.45) is 5.92 Å². The van der Waals surface area contributed by atoms with Crippen molar-refractivity contribution < 1.29 is 19.1 Å². The van der Waals surface area contributed by atoms with Gasteiger partial charge < -0.3 is 30.1 Å². The Hall–Kier alpha value is -3.75. The zero-order valence-electron chi connectivity index (χ0n) is 22.5. The lowest BCUT2D eigenvalue weighted by Crippen LogP contribution is -2.50. The fourth-order valence-electron chi connectivity index (χ4n) is 4.18. The molecule has 1 saturated heterocycles. The molecule has 0 bridgehead atoms. The number of hydrogen-bond donors (Lipinski definition) is 2. The molecule has 0 atom stereocenters. The summed E-state index contributed by atoms with van der Waals surface area (Å²) in [5.74, 6) is 0.767. The minimum atomic E-state index is -0.213. The van der Waals surface area contributed by atoms with Gasteiger partial charge in [0.05, 0.1) is 7.11 Å². The Labute approximate surface area is 219 Å². The van der Waals surface area contributed by atoms with E-state index in [4.69, 9.17) is 4.74 Å². The van der Waals surface area contributed by atoms with Crippen molar-refractivity contribution >= 4 is 34.9 Å². The van der Waals surface area contributed by atoms with E-state index >= 15 is 0 Å². The number of benzene rings is 2. The molecule has 3 rings (SSSR count). The number of nitrogens with one attached hydrogen (secondary N) is 2. The topological polar surface area (TPSA) is 94.2 Å². The van der Waals surface area contributed by atoms with Crippen LogP contribution in [-0.4, -0.2) is 73.5 Å². The Balaban J connectivity index is 1.48. The molecular weight excluding hydrogens is 470 g/mol. The molecule has 0 radical (unpaired) electrons. The van der Waals surface area contributed by atoms with Crippen LogP contribution in [-0.2, 0) is 9.59 Å². The van der Waals surface area contributed by atoms with Crippen molar-refractivity contribution in [2.45, 2.75) is 40.2 Å². The highest BCUT2D eigenvalue weighted by Gasteiger charge is 2.23. The summed E-state index contributed by atoms with van der Waals surface area (Å²) in [6.45, 7) is 10.5. The third-order valence-corrected chi connectivity index (χ3v) is 6.26. The molecular formula is C28H39N5O4. The van der Waals surface area contributed by atoms with Crippen LogP contribution < -0.4 is 20.3 Å². The predicted octanol–water partition coefficient (Wildman–Crippen LogP) is 4.27. The van der Waals surface area contributed by atoms with Crippen LogP contribution in [0.5, 0.6) is 5.75 Å². The zero-order valence-corrected chi connectivity index (χ0v) is 22.5. The van der Waals surface area contributed by atoms with Crippen LogP contribution in [0, 0.1) is 5.92 Å². The molecule has 0 spiro atoms. The Morgan fingerprint density at radius 3 is 1.97 bits per heavy atom. The SMILES string of the molecule is COc1ccc(NC(=O)N2CCN(c3ccc(NC(=O)CN(C(=O)CC(C)C)C(C)C)cc3)CC2)cc1. The number of carbonyl (C=O) groups is 3. The normalized spacial score (nSPS) is 13.5. The van der Waals surface area contributed by atoms with Gasteiger partial charge in [-0.25, -0.2) is 4.79 Å². The second-order valence-electron chi connectivity index (χ2n) is 9.94. The first-order valence-electron chi connectivity index (χ1n) is 12.8. The van der Waals surface area contributed by atoms with E-state index < -0.39 is 0 Å². The number of piperazine rings is 1. The van der Waals surface area contributed by atoms with Gasteiger partial charge in [0.2, 0.25) is 11.8 Å². The monoisotopic (exact) mass is 509 g/mol. The summed E-state index contributed by atoms with van der Waals surface area (Å²) in [5.41, 5.74) is 2.45. The van der Waals surface area contributed by atoms with Crippen LogP contribution in [0.25, 0.3) is 0 Å². The van der Waals surface area contributed by atoms with Gasteiger partial charge in [-0.15, -0.1) is 0 Å². The fraction of sp³-hybridized carbons (Fsp3) is 0.464. The largest absolute Gasteiger partial charge is 0.497 e. The van der Waals surface area contributed by atoms with Gasteiger partial charge in [0.1, 0.15) is 12.3 Å². The van der Waals surface area contributed by atoms with Crippen LogP contribution >= 0.6 is 0 Å². The second-order valence-corrected chi connectivity index (χ2v) is 9.94. The number of nitrogens with zero attached hydrogens (tertiary/aromatic N) is 3. The van der Waals surface area contributed by atoms with Gasteiger partial charge in [0.25, 0.3) is 0 Å². The molecule has 0 aromatic heterocycles. The van der Waals surface area contributed by atoms with Crippen molar-refractivity contribution in [1.82, 2.24) is 9.80 Å². The second kappa shape index (κ2) is 13.0. The minimum Gasteiger partial charge on any atom is -0.497 e. The summed E-state index contributed by atoms with van der Waals surface area (Å²) in [6.07, 6.45) is 0.427. The lowest BCUT2D eigenvalue weighted by atomic mass is 10.1. The van der Waals surface area contributed by atoms with Crippen molar-refractivity contribution in [2.75, 3.05) is 55.4 Å². The maximum atomic E-state index is 12.6. The number of hydrogen-bond acceptors (Lipinski definition) is 5. The Kier molecular flexibility index (Phi) is 9.77. The highest BCUT2D eigenvalue weighted by molar-refractivity contribution is 5.94. The van der Waals surface area contributed by atoms with Gasteiger partial charge in [0, 0.05) is 55.7 Å². The van der Waals surface area contributed by atoms with Crippen LogP contribution in [0.4, 0.5) is 21.9 Å². The van der Waals surface area contributed by atoms with Crippen molar-refractivity contribution in [3.05, 3.63) is 48.5 Å². The van der Waals surface area contributed by atoms with Crippen LogP contribution in [0.15, 0.2) is 48.5 Å². The quantitative estimate of drug-likeness (QED) is 0.527. The highest BCUT2D eigenvalue weighted by atomic mass is 16.5. The first kappa shape index (κ1) is 27.8. The summed E-state index contributed by atoms with van der Waals surface area (Å²) < 4.78 is 5.15. The summed E-state index contributed by atoms with van der Waals surface area (Å²) in [7, 11) is 1.61. The predicted molar refractivity (Wildman–Crippen MR) is 147 cm³/mol. The van der Waals surface area contributed by atoms with Gasteiger partial charge >= 0.3 is 6.03 Å². The Morgan fingerprint density at radius 1 is 0.865 bits per heavy atom. The first-order chi connectivity index (χ1) is 17.7. The number of methoxy groups -OCH3 is 1. The van der Waals surface area contributed by atoms with E-state index in [9.17, 15) is 14.4 Å². The molecule has 2 aromatic carbocycles. The minimum absolute atomic E-state index is 0.00711. The van der Waals surface area contributed by atoms with E-state index in [0.717, 1.165) is 17.1 Å². The Bertz CT molecular complexity index is 1050. The van der Waals surface area contributed by atoms with E-state index in [1.807, 2.05) is 76.2 Å². The molecule has 200 valence electrons. The average molecular weight is 510 g/mol. The standard InChI is InChI=1S/C28H39N5O4/c1-20(2)18-27(35)33(21(3)4)19-26(34)29-22-6-10-24(11-7-22)31-14-16-32(17-15-31)28(36)30-23-8-12-25(37-5)13-9-23/h6-13,20-21H,14-19H2,1-5H3,(H,29,34)(H,30,36). The number of amides is 4. The highest BCUT2D eigenvalue weighted by Crippen LogP contribution is 2.21. The summed E-state index contributed by atoms with van der Waals surface area (Å²) in [5, 5.41) is 5.83. The van der Waals surface area contributed by atoms with Crippen molar-refractivity contribution in [3.8, 4) is 5.75 Å². The molecule has 1 aliphatic rings. The van der Waals surface area contributed by atoms with Crippen LogP contribution in [0.1, 0.15) is 34.1 Å². The first-order valence-corrected chi connectivity index (χ1v) is 12.8. The van der Waals surface area contributed by atoms with Crippen LogP contribution in [0.2, 0.25) is 0 Å². The van der Waals surface area contributed by atoms with Crippen LogP contribution in [0.3, 0.4) is 0 Å². The molecule has 9 heteroatoms. The van der Waals surface area contributed by atoms with Gasteiger partial charge in [-0.3, -0.25) is 9.59 Å². The molecule has 0 saturated carbocycles. The molecule has 0 unspecified atom stereocenters. The number of urea groups is 1. The van der Waals surface area contributed by atoms with Crippen molar-refractivity contribution in [1.29, 1.82) is 0 Å². The lowest BCUT2D eigenvalue weighted by molar-refractivity contribution is -0.137. The third-order valence-electron chi connectivity index (χ3n) is 6.26. The van der Waals surface area contributed by atoms with Gasteiger partial charge in [-0.05, 0) is 68.3 Å². The fourth-order valence-corrected chi connectivity index (χ4v) is 4.18. The molecule has 1 heterocycles. The molecule has 2 aromatic rings. The molecule has 9 nitrogen and oxygen atoms in total. The number of anilines is 3. The lowest BCUT2D eigenvalue weighted by Gasteiger charge is -2.36. The molecule has 0 aliphatic carbocycles. The van der Waals surface area contributed by atoms with E-state index in [1.54, 1.807) is 16.9 Å². The maximum absolute atomic E-state index is 12.6. The number of ether oxygens (including phenoxy) is 1. The Morgan fingerprint density at radius 2 is 1.43 bits per heavy atom. The van der Waals surface area contributed by atoms with E-state index in [1.165, 1.54) is 0 Å². The molecule has 37 heavy (non-hydrogen) atoms. The average Bonchev–Trinajstić information content (AvgIpc) is 2.87. The van der Waals surface area contributed by atoms with E-state index in [2.05, 4.69) is 15.5 Å². The number of carbonyl (C=O) groups excluding carboxylic acids is 3. The van der Waals surface area contributed by atoms with Gasteiger partial charge in [0.15, 0.2) is 0 Å². The zero-order chi connectivity index (χ0) is 26.9. The molecule has 1 fully saturated rings.